The van der Waals surface area contributed by atoms with Crippen LogP contribution in [0.2, 0.25) is 0 Å². The van der Waals surface area contributed by atoms with E-state index < -0.39 is 36.0 Å². The number of nitrogens with zero attached hydrogens (tertiary/aromatic N) is 3. The minimum absolute atomic E-state index is 0.101. The number of aliphatic hydroxyl groups excluding tert-OH is 3. The summed E-state index contributed by atoms with van der Waals surface area (Å²) >= 11 is 0.822. The van der Waals surface area contributed by atoms with Crippen molar-refractivity contribution in [3.8, 4) is 5.88 Å². The normalized spacial score (nSPS) is 27.2. The first-order chi connectivity index (χ1) is 11.3. The molecule has 132 valence electrons. The highest BCUT2D eigenvalue weighted by Gasteiger charge is 2.45. The molecule has 4 atom stereocenters. The average Bonchev–Trinajstić information content (AvgIpc) is 2.96. The number of rotatable bonds is 4. The lowest BCUT2D eigenvalue weighted by atomic mass is 10.1. The van der Waals surface area contributed by atoms with Gasteiger partial charge in [-0.05, 0) is 13.8 Å². The first-order valence-corrected chi connectivity index (χ1v) is 8.12. The topological polar surface area (TPSA) is 153 Å². The van der Waals surface area contributed by atoms with Crippen molar-refractivity contribution in [3.05, 3.63) is 9.67 Å². The largest absolute Gasteiger partial charge is 0.474 e. The maximum Gasteiger partial charge on any atom is 0.311 e. The Hall–Kier alpha value is -1.79. The third kappa shape index (κ3) is 2.74. The number of aromatic nitrogens is 3. The molecule has 10 nitrogen and oxygen atoms in total. The summed E-state index contributed by atoms with van der Waals surface area (Å²) in [7, 11) is 0. The molecule has 0 bridgehead atoms. The first kappa shape index (κ1) is 17.0. The molecular formula is C13H18N4O6S. The van der Waals surface area contributed by atoms with E-state index in [1.165, 1.54) is 0 Å². The Morgan fingerprint density at radius 1 is 1.38 bits per heavy atom. The number of hydrogen-bond acceptors (Lipinski definition) is 10. The zero-order valence-electron chi connectivity index (χ0n) is 13.0. The fourth-order valence-electron chi connectivity index (χ4n) is 2.53. The lowest BCUT2D eigenvalue weighted by Crippen LogP contribution is -2.34. The van der Waals surface area contributed by atoms with Crippen LogP contribution < -0.4 is 15.3 Å². The van der Waals surface area contributed by atoms with E-state index in [4.69, 9.17) is 15.2 Å². The summed E-state index contributed by atoms with van der Waals surface area (Å²) in [6, 6.07) is 0. The van der Waals surface area contributed by atoms with Crippen molar-refractivity contribution in [2.75, 3.05) is 12.3 Å². The van der Waals surface area contributed by atoms with Crippen LogP contribution in [-0.2, 0) is 4.74 Å². The highest BCUT2D eigenvalue weighted by atomic mass is 32.1. The van der Waals surface area contributed by atoms with Gasteiger partial charge < -0.3 is 30.5 Å². The fraction of sp³-hybridized carbons (Fsp3) is 0.615. The van der Waals surface area contributed by atoms with Gasteiger partial charge in [-0.1, -0.05) is 11.3 Å². The van der Waals surface area contributed by atoms with Gasteiger partial charge in [-0.3, -0.25) is 9.36 Å². The minimum Gasteiger partial charge on any atom is -0.474 e. The van der Waals surface area contributed by atoms with Gasteiger partial charge in [0.25, 0.3) is 0 Å². The lowest BCUT2D eigenvalue weighted by Gasteiger charge is -2.16. The second-order valence-electron chi connectivity index (χ2n) is 5.67. The van der Waals surface area contributed by atoms with E-state index >= 15 is 0 Å². The Kier molecular flexibility index (Phi) is 4.44. The molecule has 1 fully saturated rings. The van der Waals surface area contributed by atoms with Crippen LogP contribution in [0.15, 0.2) is 4.79 Å². The van der Waals surface area contributed by atoms with Gasteiger partial charge >= 0.3 is 4.87 Å². The molecule has 0 radical (unpaired) electrons. The minimum atomic E-state index is -1.40. The standard InChI is InChI=1S/C13H18N4O6S/c1-4(2)22-10-8-9(15-12(14)16-10)17(13(21)24-8)11-7(20)6(19)5(3-18)23-11/h4-7,11,18-20H,3H2,1-2H3,(H2,14,15,16)/t5-,6-,7-,11-/m1/s1. The number of nitrogen functional groups attached to an aromatic ring is 1. The van der Waals surface area contributed by atoms with E-state index in [0.717, 1.165) is 15.9 Å². The molecular weight excluding hydrogens is 340 g/mol. The Labute approximate surface area is 140 Å². The van der Waals surface area contributed by atoms with Crippen molar-refractivity contribution in [2.45, 2.75) is 44.5 Å². The van der Waals surface area contributed by atoms with E-state index in [1.807, 2.05) is 0 Å². The Morgan fingerprint density at radius 3 is 2.67 bits per heavy atom. The molecule has 0 unspecified atom stereocenters. The third-order valence-corrected chi connectivity index (χ3v) is 4.50. The number of thiazole rings is 1. The van der Waals surface area contributed by atoms with Crippen molar-refractivity contribution in [1.82, 2.24) is 14.5 Å². The first-order valence-electron chi connectivity index (χ1n) is 7.31. The number of fused-ring (bicyclic) bond motifs is 1. The number of nitrogens with two attached hydrogens (primary N) is 1. The molecule has 0 spiro atoms. The van der Waals surface area contributed by atoms with Crippen molar-refractivity contribution >= 4 is 27.6 Å². The van der Waals surface area contributed by atoms with Gasteiger partial charge in [0.05, 0.1) is 12.7 Å². The maximum atomic E-state index is 12.4. The van der Waals surface area contributed by atoms with Crippen LogP contribution in [0, 0.1) is 0 Å². The van der Waals surface area contributed by atoms with Crippen molar-refractivity contribution < 1.29 is 24.8 Å². The van der Waals surface area contributed by atoms with E-state index in [-0.39, 0.29) is 23.6 Å². The fourth-order valence-corrected chi connectivity index (χ4v) is 3.41. The Morgan fingerprint density at radius 2 is 2.08 bits per heavy atom. The molecule has 24 heavy (non-hydrogen) atoms. The number of hydrogen-bond donors (Lipinski definition) is 4. The van der Waals surface area contributed by atoms with Gasteiger partial charge in [0.1, 0.15) is 23.0 Å². The zero-order valence-corrected chi connectivity index (χ0v) is 13.8. The quantitative estimate of drug-likeness (QED) is 0.529. The van der Waals surface area contributed by atoms with Crippen LogP contribution in [0.25, 0.3) is 10.3 Å². The smallest absolute Gasteiger partial charge is 0.311 e. The average molecular weight is 358 g/mol. The highest BCUT2D eigenvalue weighted by molar-refractivity contribution is 7.16. The van der Waals surface area contributed by atoms with Crippen molar-refractivity contribution in [2.24, 2.45) is 0 Å². The zero-order chi connectivity index (χ0) is 17.6. The van der Waals surface area contributed by atoms with Gasteiger partial charge in [-0.15, -0.1) is 0 Å². The van der Waals surface area contributed by atoms with E-state index in [1.54, 1.807) is 13.8 Å². The summed E-state index contributed by atoms with van der Waals surface area (Å²) in [5.41, 5.74) is 5.83. The summed E-state index contributed by atoms with van der Waals surface area (Å²) in [4.78, 5) is 20.0. The number of aliphatic hydroxyl groups is 3. The Balaban J connectivity index is 2.14. The summed E-state index contributed by atoms with van der Waals surface area (Å²) in [6.45, 7) is 3.11. The second kappa shape index (κ2) is 6.26. The molecule has 0 amide bonds. The molecule has 0 aromatic carbocycles. The van der Waals surface area contributed by atoms with Gasteiger partial charge in [0.15, 0.2) is 11.9 Å². The van der Waals surface area contributed by atoms with Gasteiger partial charge in [0, 0.05) is 0 Å². The molecule has 0 saturated carbocycles. The van der Waals surface area contributed by atoms with E-state index in [9.17, 15) is 20.1 Å². The molecule has 2 aromatic rings. The molecule has 3 rings (SSSR count). The van der Waals surface area contributed by atoms with Crippen molar-refractivity contribution in [1.29, 1.82) is 0 Å². The molecule has 1 saturated heterocycles. The van der Waals surface area contributed by atoms with Crippen LogP contribution in [0.4, 0.5) is 5.95 Å². The molecule has 3 heterocycles. The summed E-state index contributed by atoms with van der Waals surface area (Å²) in [5, 5.41) is 29.2. The number of anilines is 1. The molecule has 5 N–H and O–H groups in total. The van der Waals surface area contributed by atoms with Crippen LogP contribution in [0.1, 0.15) is 20.1 Å². The number of ether oxygens (including phenoxy) is 2. The second-order valence-corrected chi connectivity index (χ2v) is 6.63. The monoisotopic (exact) mass is 358 g/mol. The van der Waals surface area contributed by atoms with E-state index in [0.29, 0.717) is 4.70 Å². The molecule has 1 aliphatic heterocycles. The summed E-state index contributed by atoms with van der Waals surface area (Å²) < 4.78 is 12.4. The molecule has 0 aliphatic carbocycles. The van der Waals surface area contributed by atoms with Crippen molar-refractivity contribution in [3.63, 3.8) is 0 Å². The predicted octanol–water partition coefficient (Wildman–Crippen LogP) is -1.17. The van der Waals surface area contributed by atoms with E-state index in [2.05, 4.69) is 9.97 Å². The molecule has 11 heteroatoms. The van der Waals surface area contributed by atoms with Gasteiger partial charge in [0.2, 0.25) is 11.8 Å². The van der Waals surface area contributed by atoms with Crippen LogP contribution in [0.5, 0.6) is 5.88 Å². The SMILES string of the molecule is CC(C)Oc1nc(N)nc2c1sc(=O)n2[C@@H]1O[C@H](CO)[C@@H](O)[C@H]1O. The highest BCUT2D eigenvalue weighted by Crippen LogP contribution is 2.34. The summed E-state index contributed by atoms with van der Waals surface area (Å²) in [5.74, 6) is 0.0662. The van der Waals surface area contributed by atoms with Crippen LogP contribution in [0.3, 0.4) is 0 Å². The van der Waals surface area contributed by atoms with Gasteiger partial charge in [-0.2, -0.15) is 9.97 Å². The van der Waals surface area contributed by atoms with Gasteiger partial charge in [-0.25, -0.2) is 0 Å². The lowest BCUT2D eigenvalue weighted by molar-refractivity contribution is -0.0518. The predicted molar refractivity (Wildman–Crippen MR) is 84.9 cm³/mol. The Bertz CT molecular complexity index is 806. The molecule has 1 aliphatic rings. The third-order valence-electron chi connectivity index (χ3n) is 3.57. The maximum absolute atomic E-state index is 12.4. The summed E-state index contributed by atoms with van der Waals surface area (Å²) in [6.07, 6.45) is -5.12. The molecule has 2 aromatic heterocycles. The van der Waals surface area contributed by atoms with Crippen LogP contribution >= 0.6 is 11.3 Å². The van der Waals surface area contributed by atoms with Crippen LogP contribution in [-0.4, -0.2) is 60.9 Å².